The summed E-state index contributed by atoms with van der Waals surface area (Å²) in [4.78, 5) is 26.7. The molecule has 1 aromatic carbocycles. The number of aromatic nitrogens is 1. The number of rotatable bonds is 4. The largest absolute Gasteiger partial charge is 0.481 e. The van der Waals surface area contributed by atoms with E-state index in [2.05, 4.69) is 4.98 Å². The van der Waals surface area contributed by atoms with Gasteiger partial charge in [-0.1, -0.05) is 18.2 Å². The lowest BCUT2D eigenvalue weighted by atomic mass is 10.0. The molecule has 0 saturated carbocycles. The molecule has 0 spiro atoms. The summed E-state index contributed by atoms with van der Waals surface area (Å²) in [7, 11) is 0. The summed E-state index contributed by atoms with van der Waals surface area (Å²) in [6.45, 7) is 3.89. The molecular weight excluding hydrogens is 419 g/mol. The lowest BCUT2D eigenvalue weighted by Crippen LogP contribution is -2.12. The van der Waals surface area contributed by atoms with Crippen molar-refractivity contribution < 1.29 is 14.7 Å². The Morgan fingerprint density at radius 2 is 2.04 bits per heavy atom. The smallest absolute Gasteiger partial charge is 0.303 e. The number of para-hydroxylation sites is 1. The lowest BCUT2D eigenvalue weighted by Gasteiger charge is -2.04. The highest BCUT2D eigenvalue weighted by atomic mass is 127. The predicted molar refractivity (Wildman–Crippen MR) is 102 cm³/mol. The fourth-order valence-electron chi connectivity index (χ4n) is 3.05. The van der Waals surface area contributed by atoms with Crippen LogP contribution in [0, 0.1) is 13.8 Å². The summed E-state index contributed by atoms with van der Waals surface area (Å²) in [6.07, 6.45) is 2.45. The maximum atomic E-state index is 12.5. The lowest BCUT2D eigenvalue weighted by molar-refractivity contribution is -0.137. The van der Waals surface area contributed by atoms with Crippen LogP contribution in [-0.2, 0) is 16.0 Å². The van der Waals surface area contributed by atoms with Crippen LogP contribution in [0.25, 0.3) is 11.6 Å². The topological polar surface area (TPSA) is 73.4 Å². The molecule has 2 N–H and O–H groups in total. The van der Waals surface area contributed by atoms with E-state index >= 15 is 0 Å². The second-order valence-corrected chi connectivity index (χ2v) is 6.79. The van der Waals surface area contributed by atoms with Crippen molar-refractivity contribution in [1.29, 1.82) is 0 Å². The van der Waals surface area contributed by atoms with E-state index in [1.165, 1.54) is 0 Å². The summed E-state index contributed by atoms with van der Waals surface area (Å²) >= 11 is 2.02. The highest BCUT2D eigenvalue weighted by Crippen LogP contribution is 2.40. The maximum absolute atomic E-state index is 12.5. The van der Waals surface area contributed by atoms with Crippen molar-refractivity contribution in [1.82, 2.24) is 4.98 Å². The fraction of sp³-hybridized carbons (Fsp3) is 0.222. The molecule has 0 unspecified atom stereocenters. The van der Waals surface area contributed by atoms with Crippen molar-refractivity contribution in [3.05, 3.63) is 52.3 Å². The average Bonchev–Trinajstić information content (AvgIpc) is 2.95. The highest BCUT2D eigenvalue weighted by molar-refractivity contribution is 14.1. The van der Waals surface area contributed by atoms with E-state index < -0.39 is 5.97 Å². The Balaban J connectivity index is 2.02. The standard InChI is InChI=1S/C18H17IN2O3/c1-10-12(7-8-17(22)23)11(2)20-15(10)9-14-13-5-3-4-6-16(13)21(19)18(14)24/h3-6,9,20H,7-8H2,1-2H3,(H,22,23)/b14-9-. The summed E-state index contributed by atoms with van der Waals surface area (Å²) in [5.41, 5.74) is 6.27. The number of H-pyrrole nitrogens is 1. The van der Waals surface area contributed by atoms with Gasteiger partial charge in [-0.3, -0.25) is 9.59 Å². The third-order valence-corrected chi connectivity index (χ3v) is 5.28. The van der Waals surface area contributed by atoms with Crippen LogP contribution in [0.3, 0.4) is 0 Å². The second kappa shape index (κ2) is 6.43. The number of carbonyl (C=O) groups excluding carboxylic acids is 1. The number of aromatic amines is 1. The number of aliphatic carboxylic acids is 1. The van der Waals surface area contributed by atoms with E-state index in [0.717, 1.165) is 33.8 Å². The van der Waals surface area contributed by atoms with Gasteiger partial charge in [-0.2, -0.15) is 0 Å². The first-order valence-electron chi connectivity index (χ1n) is 7.61. The van der Waals surface area contributed by atoms with Crippen molar-refractivity contribution >= 4 is 52.1 Å². The Kier molecular flexibility index (Phi) is 4.49. The molecule has 0 bridgehead atoms. The fourth-order valence-corrected chi connectivity index (χ4v) is 3.73. The van der Waals surface area contributed by atoms with Gasteiger partial charge in [0.1, 0.15) is 0 Å². The van der Waals surface area contributed by atoms with Crippen LogP contribution in [0.2, 0.25) is 0 Å². The molecule has 6 heteroatoms. The van der Waals surface area contributed by atoms with Crippen molar-refractivity contribution in [3.63, 3.8) is 0 Å². The molecule has 1 aliphatic rings. The zero-order valence-corrected chi connectivity index (χ0v) is 15.5. The Hall–Kier alpha value is -2.09. The van der Waals surface area contributed by atoms with Crippen LogP contribution >= 0.6 is 22.9 Å². The minimum Gasteiger partial charge on any atom is -0.481 e. The van der Waals surface area contributed by atoms with Crippen LogP contribution in [0.15, 0.2) is 24.3 Å². The van der Waals surface area contributed by atoms with Gasteiger partial charge in [0.15, 0.2) is 0 Å². The molecule has 0 fully saturated rings. The van der Waals surface area contributed by atoms with Crippen LogP contribution in [0.5, 0.6) is 0 Å². The normalized spacial score (nSPS) is 15.2. The monoisotopic (exact) mass is 436 g/mol. The number of anilines is 1. The molecule has 1 aromatic heterocycles. The summed E-state index contributed by atoms with van der Waals surface area (Å²) < 4.78 is 1.62. The summed E-state index contributed by atoms with van der Waals surface area (Å²) in [5.74, 6) is -0.856. The number of carboxylic acids is 1. The van der Waals surface area contributed by atoms with Crippen molar-refractivity contribution in [2.45, 2.75) is 26.7 Å². The number of hydrogen-bond donors (Lipinski definition) is 2. The molecule has 1 amide bonds. The van der Waals surface area contributed by atoms with Gasteiger partial charge in [-0.25, -0.2) is 3.11 Å². The Labute approximate surface area is 153 Å². The van der Waals surface area contributed by atoms with Crippen LogP contribution < -0.4 is 3.11 Å². The predicted octanol–water partition coefficient (Wildman–Crippen LogP) is 3.89. The molecule has 0 aliphatic carbocycles. The minimum absolute atomic E-state index is 0.0458. The van der Waals surface area contributed by atoms with Gasteiger partial charge in [0.2, 0.25) is 0 Å². The van der Waals surface area contributed by atoms with Gasteiger partial charge in [-0.15, -0.1) is 0 Å². The van der Waals surface area contributed by atoms with E-state index in [1.54, 1.807) is 3.11 Å². The van der Waals surface area contributed by atoms with E-state index in [0.29, 0.717) is 12.0 Å². The van der Waals surface area contributed by atoms with Gasteiger partial charge in [0.25, 0.3) is 5.91 Å². The second-order valence-electron chi connectivity index (χ2n) is 5.82. The number of halogens is 1. The molecule has 2 aromatic rings. The zero-order chi connectivity index (χ0) is 17.4. The van der Waals surface area contributed by atoms with E-state index in [1.807, 2.05) is 67.1 Å². The molecular formula is C18H17IN2O3. The number of fused-ring (bicyclic) bond motifs is 1. The van der Waals surface area contributed by atoms with Crippen LogP contribution in [0.1, 0.15) is 34.5 Å². The van der Waals surface area contributed by atoms with Crippen molar-refractivity contribution in [3.8, 4) is 0 Å². The molecule has 124 valence electrons. The van der Waals surface area contributed by atoms with Gasteiger partial charge in [0, 0.05) is 23.4 Å². The first-order valence-corrected chi connectivity index (χ1v) is 8.57. The number of nitrogens with one attached hydrogen (secondary N) is 1. The van der Waals surface area contributed by atoms with E-state index in [9.17, 15) is 9.59 Å². The van der Waals surface area contributed by atoms with Crippen LogP contribution in [-0.4, -0.2) is 22.0 Å². The molecule has 1 aliphatic heterocycles. The van der Waals surface area contributed by atoms with Crippen molar-refractivity contribution in [2.75, 3.05) is 3.11 Å². The molecule has 3 rings (SSSR count). The molecule has 24 heavy (non-hydrogen) atoms. The van der Waals surface area contributed by atoms with E-state index in [4.69, 9.17) is 5.11 Å². The van der Waals surface area contributed by atoms with Gasteiger partial charge in [-0.05, 0) is 43.5 Å². The minimum atomic E-state index is -0.810. The maximum Gasteiger partial charge on any atom is 0.303 e. The third kappa shape index (κ3) is 2.86. The molecule has 0 saturated heterocycles. The SMILES string of the molecule is Cc1[nH]c(/C=C2\C(=O)N(I)c3ccccc32)c(C)c1CCC(=O)O. The molecule has 0 radical (unpaired) electrons. The zero-order valence-electron chi connectivity index (χ0n) is 13.4. The van der Waals surface area contributed by atoms with E-state index in [-0.39, 0.29) is 12.3 Å². The Morgan fingerprint density at radius 1 is 1.33 bits per heavy atom. The molecule has 2 heterocycles. The quantitative estimate of drug-likeness (QED) is 0.434. The van der Waals surface area contributed by atoms with Gasteiger partial charge >= 0.3 is 5.97 Å². The third-order valence-electron chi connectivity index (χ3n) is 4.32. The number of carbonyl (C=O) groups is 2. The Bertz CT molecular complexity index is 867. The van der Waals surface area contributed by atoms with Gasteiger partial charge < -0.3 is 10.1 Å². The summed E-state index contributed by atoms with van der Waals surface area (Å²) in [5, 5.41) is 8.89. The number of carboxylic acid groups (broad SMARTS) is 1. The van der Waals surface area contributed by atoms with Crippen LogP contribution in [0.4, 0.5) is 5.69 Å². The molecule has 0 atom stereocenters. The number of amides is 1. The average molecular weight is 436 g/mol. The first-order chi connectivity index (χ1) is 11.4. The van der Waals surface area contributed by atoms with Crippen molar-refractivity contribution in [2.24, 2.45) is 0 Å². The molecule has 5 nitrogen and oxygen atoms in total. The van der Waals surface area contributed by atoms with Gasteiger partial charge in [0.05, 0.1) is 34.1 Å². The number of benzene rings is 1. The highest BCUT2D eigenvalue weighted by Gasteiger charge is 2.30. The number of nitrogens with zero attached hydrogens (tertiary/aromatic N) is 1. The Morgan fingerprint density at radius 3 is 2.75 bits per heavy atom. The summed E-state index contributed by atoms with van der Waals surface area (Å²) in [6, 6.07) is 7.69. The number of aryl methyl sites for hydroxylation is 1. The number of hydrogen-bond acceptors (Lipinski definition) is 2. The first kappa shape index (κ1) is 16.8.